The molecule has 0 aliphatic carbocycles. The van der Waals surface area contributed by atoms with Crippen LogP contribution in [0.15, 0.2) is 70.6 Å². The van der Waals surface area contributed by atoms with E-state index in [9.17, 15) is 4.21 Å². The van der Waals surface area contributed by atoms with Crippen molar-refractivity contribution in [1.29, 1.82) is 0 Å². The number of nitrogens with zero attached hydrogens (tertiary/aromatic N) is 2. The van der Waals surface area contributed by atoms with Gasteiger partial charge in [0.15, 0.2) is 5.96 Å². The molecule has 0 bridgehead atoms. The van der Waals surface area contributed by atoms with E-state index in [4.69, 9.17) is 0 Å². The summed E-state index contributed by atoms with van der Waals surface area (Å²) in [5, 5.41) is 6.90. The normalized spacial score (nSPS) is 21.1. The molecule has 3 atom stereocenters. The monoisotopic (exact) mass is 412 g/mol. The van der Waals surface area contributed by atoms with E-state index in [1.165, 1.54) is 5.56 Å². The summed E-state index contributed by atoms with van der Waals surface area (Å²) in [5.74, 6) is 1.35. The summed E-state index contributed by atoms with van der Waals surface area (Å²) in [6.07, 6.45) is 1.09. The molecule has 1 saturated heterocycles. The zero-order valence-electron chi connectivity index (χ0n) is 17.4. The minimum Gasteiger partial charge on any atom is -0.357 e. The molecule has 3 rings (SSSR count). The first kappa shape index (κ1) is 21.5. The standard InChI is InChI=1S/C23H32N4OS/c1-3-24-23(25-14-15-29(28)22-12-8-5-9-13-22)26-21-16-19(2)27(18-21)17-20-10-6-4-7-11-20/h4-13,19,21H,3,14-18H2,1-2H3,(H2,24,25,26). The molecule has 3 unspecified atom stereocenters. The predicted molar refractivity (Wildman–Crippen MR) is 122 cm³/mol. The second kappa shape index (κ2) is 11.1. The quantitative estimate of drug-likeness (QED) is 0.517. The summed E-state index contributed by atoms with van der Waals surface area (Å²) < 4.78 is 12.4. The minimum absolute atomic E-state index is 0.367. The van der Waals surface area contributed by atoms with Gasteiger partial charge in [0.25, 0.3) is 0 Å². The van der Waals surface area contributed by atoms with E-state index in [-0.39, 0.29) is 0 Å². The second-order valence-electron chi connectivity index (χ2n) is 7.46. The minimum atomic E-state index is -1.01. The highest BCUT2D eigenvalue weighted by Gasteiger charge is 2.29. The molecule has 0 aromatic heterocycles. The topological polar surface area (TPSA) is 56.7 Å². The predicted octanol–water partition coefficient (Wildman–Crippen LogP) is 3.01. The van der Waals surface area contributed by atoms with Crippen molar-refractivity contribution in [3.8, 4) is 0 Å². The van der Waals surface area contributed by atoms with E-state index in [2.05, 4.69) is 64.7 Å². The van der Waals surface area contributed by atoms with E-state index in [1.807, 2.05) is 30.3 Å². The number of hydrogen-bond acceptors (Lipinski definition) is 3. The number of nitrogens with one attached hydrogen (secondary N) is 2. The third-order valence-electron chi connectivity index (χ3n) is 5.17. The fraction of sp³-hybridized carbons (Fsp3) is 0.435. The summed E-state index contributed by atoms with van der Waals surface area (Å²) in [6.45, 7) is 7.67. The first-order valence-electron chi connectivity index (χ1n) is 10.4. The van der Waals surface area contributed by atoms with Gasteiger partial charge in [-0.2, -0.15) is 0 Å². The first-order chi connectivity index (χ1) is 14.2. The van der Waals surface area contributed by atoms with Crippen LogP contribution in [0.2, 0.25) is 0 Å². The molecule has 0 saturated carbocycles. The SMILES string of the molecule is CCNC(=NCCS(=O)c1ccccc1)NC1CC(C)N(Cc2ccccc2)C1. The van der Waals surface area contributed by atoms with Gasteiger partial charge in [0.2, 0.25) is 0 Å². The van der Waals surface area contributed by atoms with E-state index in [0.29, 0.717) is 24.4 Å². The maximum Gasteiger partial charge on any atom is 0.191 e. The molecule has 29 heavy (non-hydrogen) atoms. The Labute approximate surface area is 177 Å². The van der Waals surface area contributed by atoms with Gasteiger partial charge < -0.3 is 10.6 Å². The van der Waals surface area contributed by atoms with Crippen LogP contribution in [-0.4, -0.2) is 52.5 Å². The van der Waals surface area contributed by atoms with Crippen LogP contribution < -0.4 is 10.6 Å². The molecule has 2 N–H and O–H groups in total. The Kier molecular flexibility index (Phi) is 8.25. The number of rotatable bonds is 8. The summed E-state index contributed by atoms with van der Waals surface area (Å²) in [4.78, 5) is 8.04. The van der Waals surface area contributed by atoms with Gasteiger partial charge >= 0.3 is 0 Å². The van der Waals surface area contributed by atoms with Crippen molar-refractivity contribution < 1.29 is 4.21 Å². The Morgan fingerprint density at radius 1 is 1.14 bits per heavy atom. The fourth-order valence-electron chi connectivity index (χ4n) is 3.69. The van der Waals surface area contributed by atoms with Crippen LogP contribution in [0.5, 0.6) is 0 Å². The molecule has 2 aromatic rings. The Morgan fingerprint density at radius 3 is 2.52 bits per heavy atom. The van der Waals surface area contributed by atoms with Gasteiger partial charge in [0.1, 0.15) is 0 Å². The van der Waals surface area contributed by atoms with Crippen molar-refractivity contribution in [3.05, 3.63) is 66.2 Å². The van der Waals surface area contributed by atoms with Gasteiger partial charge in [-0.05, 0) is 38.0 Å². The average molecular weight is 413 g/mol. The van der Waals surface area contributed by atoms with Gasteiger partial charge in [-0.1, -0.05) is 48.5 Å². The van der Waals surface area contributed by atoms with Crippen LogP contribution in [0.3, 0.4) is 0 Å². The number of hydrogen-bond donors (Lipinski definition) is 2. The molecule has 0 radical (unpaired) electrons. The zero-order valence-corrected chi connectivity index (χ0v) is 18.2. The molecule has 1 heterocycles. The van der Waals surface area contributed by atoms with E-state index < -0.39 is 10.8 Å². The lowest BCUT2D eigenvalue weighted by atomic mass is 10.2. The molecular weight excluding hydrogens is 380 g/mol. The van der Waals surface area contributed by atoms with E-state index in [1.54, 1.807) is 0 Å². The highest BCUT2D eigenvalue weighted by atomic mass is 32.2. The molecule has 1 fully saturated rings. The molecule has 2 aromatic carbocycles. The molecule has 5 nitrogen and oxygen atoms in total. The van der Waals surface area contributed by atoms with Gasteiger partial charge in [0, 0.05) is 42.4 Å². The van der Waals surface area contributed by atoms with Crippen LogP contribution in [0.4, 0.5) is 0 Å². The van der Waals surface area contributed by atoms with Gasteiger partial charge in [-0.25, -0.2) is 0 Å². The van der Waals surface area contributed by atoms with Gasteiger partial charge in [-0.15, -0.1) is 0 Å². The highest BCUT2D eigenvalue weighted by molar-refractivity contribution is 7.85. The van der Waals surface area contributed by atoms with Crippen LogP contribution in [-0.2, 0) is 17.3 Å². The van der Waals surface area contributed by atoms with Gasteiger partial charge in [-0.3, -0.25) is 14.1 Å². The maximum atomic E-state index is 12.4. The third kappa shape index (κ3) is 6.68. The molecular formula is C23H32N4OS. The summed E-state index contributed by atoms with van der Waals surface area (Å²) >= 11 is 0. The van der Waals surface area contributed by atoms with Crippen molar-refractivity contribution >= 4 is 16.8 Å². The highest BCUT2D eigenvalue weighted by Crippen LogP contribution is 2.20. The Balaban J connectivity index is 1.51. The summed E-state index contributed by atoms with van der Waals surface area (Å²) in [5.41, 5.74) is 1.35. The molecule has 156 valence electrons. The van der Waals surface area contributed by atoms with Crippen molar-refractivity contribution in [2.75, 3.05) is 25.4 Å². The fourth-order valence-corrected chi connectivity index (χ4v) is 4.64. The number of guanidine groups is 1. The first-order valence-corrected chi connectivity index (χ1v) is 11.7. The Morgan fingerprint density at radius 2 is 1.83 bits per heavy atom. The molecule has 6 heteroatoms. The van der Waals surface area contributed by atoms with Crippen LogP contribution in [0.25, 0.3) is 0 Å². The Hall–Kier alpha value is -2.18. The molecule has 0 amide bonds. The van der Waals surface area contributed by atoms with Crippen LogP contribution >= 0.6 is 0 Å². The number of benzene rings is 2. The molecule has 0 spiro atoms. The van der Waals surface area contributed by atoms with Crippen molar-refractivity contribution in [2.45, 2.75) is 43.8 Å². The van der Waals surface area contributed by atoms with E-state index >= 15 is 0 Å². The largest absolute Gasteiger partial charge is 0.357 e. The number of aliphatic imine (C=N–C) groups is 1. The van der Waals surface area contributed by atoms with Crippen molar-refractivity contribution in [2.24, 2.45) is 4.99 Å². The second-order valence-corrected chi connectivity index (χ2v) is 9.04. The van der Waals surface area contributed by atoms with E-state index in [0.717, 1.165) is 36.9 Å². The van der Waals surface area contributed by atoms with Gasteiger partial charge in [0.05, 0.1) is 17.3 Å². The Bertz CT molecular complexity index is 797. The van der Waals surface area contributed by atoms with Crippen molar-refractivity contribution in [3.63, 3.8) is 0 Å². The third-order valence-corrected chi connectivity index (χ3v) is 6.52. The van der Waals surface area contributed by atoms with Crippen molar-refractivity contribution in [1.82, 2.24) is 15.5 Å². The number of likely N-dealkylation sites (tertiary alicyclic amines) is 1. The molecule has 1 aliphatic rings. The molecule has 1 aliphatic heterocycles. The summed E-state index contributed by atoms with van der Waals surface area (Å²) in [6, 6.07) is 21.1. The lowest BCUT2D eigenvalue weighted by molar-refractivity contribution is 0.258. The maximum absolute atomic E-state index is 12.4. The zero-order chi connectivity index (χ0) is 20.5. The summed E-state index contributed by atoms with van der Waals surface area (Å²) in [7, 11) is -1.01. The van der Waals surface area contributed by atoms with Crippen LogP contribution in [0, 0.1) is 0 Å². The smallest absolute Gasteiger partial charge is 0.191 e. The lowest BCUT2D eigenvalue weighted by Crippen LogP contribution is -2.44. The lowest BCUT2D eigenvalue weighted by Gasteiger charge is -2.21. The average Bonchev–Trinajstić information content (AvgIpc) is 3.08. The van der Waals surface area contributed by atoms with Crippen LogP contribution in [0.1, 0.15) is 25.8 Å².